The first-order valence-corrected chi connectivity index (χ1v) is 9.54. The van der Waals surface area contributed by atoms with Gasteiger partial charge in [-0.25, -0.2) is 0 Å². The third-order valence-corrected chi connectivity index (χ3v) is 6.20. The van der Waals surface area contributed by atoms with Crippen molar-refractivity contribution in [1.29, 1.82) is 5.41 Å². The van der Waals surface area contributed by atoms with Crippen LogP contribution in [-0.4, -0.2) is 5.71 Å². The quantitative estimate of drug-likeness (QED) is 0.380. The summed E-state index contributed by atoms with van der Waals surface area (Å²) in [5.74, 6) is -0.555. The number of hydrogen-bond donors (Lipinski definition) is 1. The minimum absolute atomic E-state index is 0.00920. The average Bonchev–Trinajstić information content (AvgIpc) is 3.12. The Bertz CT molecular complexity index is 1150. The molecule has 2 heteroatoms. The molecular weight excluding hydrogens is 322 g/mol. The summed E-state index contributed by atoms with van der Waals surface area (Å²) in [6.07, 6.45) is 6.35. The van der Waals surface area contributed by atoms with Gasteiger partial charge in [0.05, 0.1) is 9.82 Å². The molecule has 0 saturated heterocycles. The lowest BCUT2D eigenvalue weighted by molar-refractivity contribution is 0.446. The van der Waals surface area contributed by atoms with Gasteiger partial charge in [-0.3, -0.25) is 0 Å². The normalized spacial score (nSPS) is 20.8. The summed E-state index contributed by atoms with van der Waals surface area (Å²) >= 11 is 1.59. The maximum absolute atomic E-state index is 9.10. The van der Waals surface area contributed by atoms with Crippen molar-refractivity contribution in [2.75, 3.05) is 0 Å². The van der Waals surface area contributed by atoms with Crippen molar-refractivity contribution >= 4 is 37.2 Å². The maximum Gasteiger partial charge on any atom is 0.0645 e. The molecule has 1 nitrogen and oxygen atoms in total. The van der Waals surface area contributed by atoms with Crippen LogP contribution in [0.1, 0.15) is 54.6 Å². The zero-order valence-corrected chi connectivity index (χ0v) is 14.9. The van der Waals surface area contributed by atoms with E-state index in [0.717, 1.165) is 58.0 Å². The lowest BCUT2D eigenvalue weighted by atomic mass is 9.83. The lowest BCUT2D eigenvalue weighted by Gasteiger charge is -2.22. The Morgan fingerprint density at radius 3 is 2.72 bits per heavy atom. The largest absolute Gasteiger partial charge is 0.300 e. The molecule has 0 unspecified atom stereocenters. The van der Waals surface area contributed by atoms with Crippen LogP contribution in [0.2, 0.25) is 0 Å². The Morgan fingerprint density at radius 1 is 1.16 bits per heavy atom. The fourth-order valence-electron chi connectivity index (χ4n) is 3.72. The molecular formula is C23H23NS. The average molecular weight is 350 g/mol. The SMILES string of the molecule is [2H]C=C/C([2H])=C(/[2H])C(=N)c1cccc2c1sc1c(C3([2H])CCCCC3)cccc12. The van der Waals surface area contributed by atoms with Crippen molar-refractivity contribution in [3.63, 3.8) is 0 Å². The first-order valence-electron chi connectivity index (χ1n) is 10.8. The smallest absolute Gasteiger partial charge is 0.0645 e. The molecule has 4 rings (SSSR count). The number of fused-ring (bicyclic) bond motifs is 3. The molecule has 2 aromatic carbocycles. The molecule has 1 N–H and O–H groups in total. The zero-order chi connectivity index (χ0) is 20.6. The maximum atomic E-state index is 9.10. The standard InChI is InChI=1S/C23H23NS/c1-2-3-15-21(24)20-14-8-13-19-18-12-7-11-17(22(18)25-23(19)20)16-9-5-4-6-10-16/h2-3,7-8,11-16,24H,1,4-6,9-10H2/b15-3-,24-21?/i1D,3D,15D,16D/b2-1?,15-3-,24-21?. The number of hydrogen-bond acceptors (Lipinski definition) is 2. The summed E-state index contributed by atoms with van der Waals surface area (Å²) in [6.45, 7) is 0.967. The van der Waals surface area contributed by atoms with E-state index in [-0.39, 0.29) is 17.8 Å². The molecule has 0 spiro atoms. The van der Waals surface area contributed by atoms with Crippen molar-refractivity contribution in [2.24, 2.45) is 0 Å². The van der Waals surface area contributed by atoms with Gasteiger partial charge in [-0.15, -0.1) is 11.3 Å². The minimum Gasteiger partial charge on any atom is -0.300 e. The number of thiophene rings is 1. The van der Waals surface area contributed by atoms with E-state index in [2.05, 4.69) is 12.1 Å². The Hall–Kier alpha value is -2.19. The highest BCUT2D eigenvalue weighted by Crippen LogP contribution is 2.43. The van der Waals surface area contributed by atoms with Crippen LogP contribution in [0.4, 0.5) is 0 Å². The van der Waals surface area contributed by atoms with Gasteiger partial charge in [0, 0.05) is 27.1 Å². The molecule has 25 heavy (non-hydrogen) atoms. The summed E-state index contributed by atoms with van der Waals surface area (Å²) in [7, 11) is 0. The molecule has 1 aliphatic rings. The van der Waals surface area contributed by atoms with Crippen LogP contribution >= 0.6 is 11.3 Å². The molecule has 1 aromatic heterocycles. The third-order valence-electron chi connectivity index (χ3n) is 4.91. The molecule has 0 bridgehead atoms. The highest BCUT2D eigenvalue weighted by atomic mass is 32.1. The fraction of sp³-hybridized carbons (Fsp3) is 0.261. The molecule has 0 amide bonds. The van der Waals surface area contributed by atoms with Crippen molar-refractivity contribution in [3.8, 4) is 0 Å². The van der Waals surface area contributed by atoms with Crippen molar-refractivity contribution in [2.45, 2.75) is 38.0 Å². The van der Waals surface area contributed by atoms with Gasteiger partial charge >= 0.3 is 0 Å². The van der Waals surface area contributed by atoms with Crippen LogP contribution in [0, 0.1) is 5.41 Å². The molecule has 0 aliphatic heterocycles. The number of nitrogens with one attached hydrogen (secondary N) is 1. The highest BCUT2D eigenvalue weighted by molar-refractivity contribution is 7.26. The Morgan fingerprint density at radius 2 is 1.92 bits per heavy atom. The van der Waals surface area contributed by atoms with E-state index < -0.39 is 5.89 Å². The van der Waals surface area contributed by atoms with Gasteiger partial charge in [0.1, 0.15) is 0 Å². The van der Waals surface area contributed by atoms with Crippen LogP contribution in [0.3, 0.4) is 0 Å². The van der Waals surface area contributed by atoms with E-state index in [1.807, 2.05) is 24.3 Å². The summed E-state index contributed by atoms with van der Waals surface area (Å²) in [5, 5.41) is 10.6. The fourth-order valence-corrected chi connectivity index (χ4v) is 5.11. The predicted molar refractivity (Wildman–Crippen MR) is 111 cm³/mol. The first-order chi connectivity index (χ1) is 14.0. The molecule has 1 fully saturated rings. The van der Waals surface area contributed by atoms with E-state index in [1.54, 1.807) is 11.3 Å². The minimum atomic E-state index is -0.555. The van der Waals surface area contributed by atoms with E-state index in [9.17, 15) is 0 Å². The monoisotopic (exact) mass is 349 g/mol. The second-order valence-electron chi connectivity index (χ2n) is 6.44. The molecule has 0 atom stereocenters. The van der Waals surface area contributed by atoms with Crippen LogP contribution in [0.15, 0.2) is 61.1 Å². The Kier molecular flexibility index (Phi) is 3.40. The number of rotatable bonds is 4. The van der Waals surface area contributed by atoms with Gasteiger partial charge in [0.2, 0.25) is 0 Å². The molecule has 126 valence electrons. The third kappa shape index (κ3) is 2.96. The molecule has 1 aliphatic carbocycles. The van der Waals surface area contributed by atoms with Gasteiger partial charge in [0.15, 0.2) is 0 Å². The lowest BCUT2D eigenvalue weighted by Crippen LogP contribution is -2.04. The van der Waals surface area contributed by atoms with Crippen molar-refractivity contribution in [1.82, 2.24) is 0 Å². The van der Waals surface area contributed by atoms with Crippen LogP contribution in [-0.2, 0) is 0 Å². The van der Waals surface area contributed by atoms with E-state index in [0.29, 0.717) is 5.56 Å². The van der Waals surface area contributed by atoms with E-state index >= 15 is 0 Å². The summed E-state index contributed by atoms with van der Waals surface area (Å²) in [4.78, 5) is 0. The van der Waals surface area contributed by atoms with Gasteiger partial charge in [-0.2, -0.15) is 0 Å². The van der Waals surface area contributed by atoms with Crippen molar-refractivity contribution in [3.05, 3.63) is 72.3 Å². The Labute approximate surface area is 158 Å². The van der Waals surface area contributed by atoms with Gasteiger partial charge in [0.25, 0.3) is 0 Å². The van der Waals surface area contributed by atoms with Crippen molar-refractivity contribution < 1.29 is 5.48 Å². The Balaban J connectivity index is 1.92. The summed E-state index contributed by atoms with van der Waals surface area (Å²) < 4.78 is 34.3. The van der Waals surface area contributed by atoms with Gasteiger partial charge in [-0.05, 0) is 30.4 Å². The molecule has 1 saturated carbocycles. The topological polar surface area (TPSA) is 23.9 Å². The second kappa shape index (κ2) is 6.97. The zero-order valence-electron chi connectivity index (χ0n) is 18.1. The number of benzene rings is 2. The van der Waals surface area contributed by atoms with Gasteiger partial charge < -0.3 is 5.41 Å². The van der Waals surface area contributed by atoms with Crippen LogP contribution in [0.25, 0.3) is 20.2 Å². The molecule has 0 radical (unpaired) electrons. The summed E-state index contributed by atoms with van der Waals surface area (Å²) in [6, 6.07) is 11.6. The first kappa shape index (κ1) is 12.2. The van der Waals surface area contributed by atoms with E-state index in [4.69, 9.17) is 10.9 Å². The summed E-state index contributed by atoms with van der Waals surface area (Å²) in [5.41, 5.74) is 1.70. The second-order valence-corrected chi connectivity index (χ2v) is 7.46. The predicted octanol–water partition coefficient (Wildman–Crippen LogP) is 7.21. The van der Waals surface area contributed by atoms with E-state index in [1.165, 1.54) is 12.5 Å². The molecule has 3 aromatic rings. The van der Waals surface area contributed by atoms with Crippen LogP contribution in [0.5, 0.6) is 0 Å². The molecule has 1 heterocycles. The number of allylic oxidation sites excluding steroid dienone is 3. The van der Waals surface area contributed by atoms with Gasteiger partial charge in [-0.1, -0.05) is 74.3 Å². The highest BCUT2D eigenvalue weighted by Gasteiger charge is 2.20. The van der Waals surface area contributed by atoms with Crippen LogP contribution < -0.4 is 0 Å².